The van der Waals surface area contributed by atoms with Gasteiger partial charge in [-0.2, -0.15) is 0 Å². The van der Waals surface area contributed by atoms with Crippen LogP contribution < -0.4 is 15.4 Å². The Morgan fingerprint density at radius 3 is 2.79 bits per heavy atom. The van der Waals surface area contributed by atoms with Crippen LogP contribution in [0.5, 0.6) is 5.75 Å². The van der Waals surface area contributed by atoms with Crippen LogP contribution in [-0.2, 0) is 0 Å². The molecule has 1 aromatic carbocycles. The Kier molecular flexibility index (Phi) is 4.83. The fraction of sp³-hybridized carbons (Fsp3) is 0.625. The smallest absolute Gasteiger partial charge is 0.126 e. The van der Waals surface area contributed by atoms with Gasteiger partial charge in [0.05, 0.1) is 7.11 Å². The minimum atomic E-state index is 0.351. The Balaban J connectivity index is 2.25. The number of benzene rings is 1. The zero-order chi connectivity index (χ0) is 13.8. The molecule has 1 heterocycles. The van der Waals surface area contributed by atoms with E-state index in [1.807, 2.05) is 7.05 Å². The van der Waals surface area contributed by atoms with E-state index in [-0.39, 0.29) is 0 Å². The summed E-state index contributed by atoms with van der Waals surface area (Å²) in [5.74, 6) is 1.03. The summed E-state index contributed by atoms with van der Waals surface area (Å²) in [4.78, 5) is 0. The van der Waals surface area contributed by atoms with Gasteiger partial charge in [-0.25, -0.2) is 0 Å². The van der Waals surface area contributed by atoms with Gasteiger partial charge in [0.15, 0.2) is 0 Å². The average Bonchev–Trinajstić information content (AvgIpc) is 2.88. The maximum atomic E-state index is 5.62. The summed E-state index contributed by atoms with van der Waals surface area (Å²) in [5.41, 5.74) is 3.81. The van der Waals surface area contributed by atoms with E-state index < -0.39 is 0 Å². The highest BCUT2D eigenvalue weighted by Crippen LogP contribution is 2.33. The van der Waals surface area contributed by atoms with E-state index in [2.05, 4.69) is 36.6 Å². The molecule has 0 aromatic heterocycles. The number of hydrogen-bond donors (Lipinski definition) is 2. The van der Waals surface area contributed by atoms with Crippen LogP contribution >= 0.6 is 0 Å². The van der Waals surface area contributed by atoms with E-state index >= 15 is 0 Å². The standard InChI is InChI=1S/C16H26N2O/c1-11-8-12(2)16(19-4)14(9-11)15(17-3)10-13-6-5-7-18-13/h8-9,13,15,17-18H,5-7,10H2,1-4H3. The van der Waals surface area contributed by atoms with Crippen molar-refractivity contribution >= 4 is 0 Å². The number of nitrogens with one attached hydrogen (secondary N) is 2. The van der Waals surface area contributed by atoms with Gasteiger partial charge in [-0.05, 0) is 52.3 Å². The van der Waals surface area contributed by atoms with Crippen LogP contribution in [0.3, 0.4) is 0 Å². The van der Waals surface area contributed by atoms with Crippen molar-refractivity contribution in [2.75, 3.05) is 20.7 Å². The molecule has 0 radical (unpaired) electrons. The van der Waals surface area contributed by atoms with Gasteiger partial charge in [0.2, 0.25) is 0 Å². The fourth-order valence-electron chi connectivity index (χ4n) is 3.17. The summed E-state index contributed by atoms with van der Waals surface area (Å²) in [5, 5.41) is 7.03. The summed E-state index contributed by atoms with van der Waals surface area (Å²) >= 11 is 0. The van der Waals surface area contributed by atoms with Crippen molar-refractivity contribution in [3.63, 3.8) is 0 Å². The molecular weight excluding hydrogens is 236 g/mol. The molecule has 2 N–H and O–H groups in total. The lowest BCUT2D eigenvalue weighted by Gasteiger charge is -2.24. The number of hydrogen-bond acceptors (Lipinski definition) is 3. The van der Waals surface area contributed by atoms with E-state index in [0.717, 1.165) is 18.7 Å². The number of rotatable bonds is 5. The van der Waals surface area contributed by atoms with Crippen LogP contribution in [0.4, 0.5) is 0 Å². The molecule has 0 spiro atoms. The second kappa shape index (κ2) is 6.40. The van der Waals surface area contributed by atoms with Crippen molar-refractivity contribution < 1.29 is 4.74 Å². The molecule has 2 rings (SSSR count). The molecule has 0 aliphatic carbocycles. The van der Waals surface area contributed by atoms with Gasteiger partial charge >= 0.3 is 0 Å². The first-order valence-electron chi connectivity index (χ1n) is 7.21. The minimum absolute atomic E-state index is 0.351. The van der Waals surface area contributed by atoms with Crippen LogP contribution in [0.1, 0.15) is 42.0 Å². The molecule has 19 heavy (non-hydrogen) atoms. The third kappa shape index (κ3) is 3.28. The fourth-order valence-corrected chi connectivity index (χ4v) is 3.17. The van der Waals surface area contributed by atoms with Crippen molar-refractivity contribution in [2.24, 2.45) is 0 Å². The maximum Gasteiger partial charge on any atom is 0.126 e. The van der Waals surface area contributed by atoms with E-state index in [0.29, 0.717) is 12.1 Å². The van der Waals surface area contributed by atoms with Gasteiger partial charge in [0.25, 0.3) is 0 Å². The van der Waals surface area contributed by atoms with Crippen LogP contribution in [0.25, 0.3) is 0 Å². The molecular formula is C16H26N2O. The van der Waals surface area contributed by atoms with Crippen LogP contribution in [0.15, 0.2) is 12.1 Å². The van der Waals surface area contributed by atoms with Crippen molar-refractivity contribution in [2.45, 2.75) is 45.2 Å². The molecule has 1 aliphatic rings. The van der Waals surface area contributed by atoms with E-state index in [1.54, 1.807) is 7.11 Å². The normalized spacial score (nSPS) is 20.5. The lowest BCUT2D eigenvalue weighted by molar-refractivity contribution is 0.386. The van der Waals surface area contributed by atoms with Gasteiger partial charge in [0, 0.05) is 17.6 Å². The molecule has 1 aromatic rings. The second-order valence-electron chi connectivity index (χ2n) is 5.57. The Labute approximate surface area is 116 Å². The molecule has 2 atom stereocenters. The van der Waals surface area contributed by atoms with Gasteiger partial charge in [-0.15, -0.1) is 0 Å². The molecule has 1 fully saturated rings. The molecule has 1 saturated heterocycles. The minimum Gasteiger partial charge on any atom is -0.496 e. The molecule has 3 nitrogen and oxygen atoms in total. The van der Waals surface area contributed by atoms with Crippen LogP contribution in [-0.4, -0.2) is 26.7 Å². The maximum absolute atomic E-state index is 5.62. The van der Waals surface area contributed by atoms with Crippen LogP contribution in [0, 0.1) is 13.8 Å². The number of aryl methyl sites for hydroxylation is 2. The van der Waals surface area contributed by atoms with E-state index in [9.17, 15) is 0 Å². The van der Waals surface area contributed by atoms with Gasteiger partial charge in [-0.1, -0.05) is 17.7 Å². The predicted octanol–water partition coefficient (Wildman–Crippen LogP) is 2.71. The Hall–Kier alpha value is -1.06. The topological polar surface area (TPSA) is 33.3 Å². The first kappa shape index (κ1) is 14.4. The third-order valence-corrected chi connectivity index (χ3v) is 4.06. The Morgan fingerprint density at radius 2 is 2.21 bits per heavy atom. The largest absolute Gasteiger partial charge is 0.496 e. The SMILES string of the molecule is CNC(CC1CCCN1)c1cc(C)cc(C)c1OC. The molecule has 0 bridgehead atoms. The van der Waals surface area contributed by atoms with Gasteiger partial charge in [-0.3, -0.25) is 0 Å². The summed E-state index contributed by atoms with van der Waals surface area (Å²) in [7, 11) is 3.80. The van der Waals surface area contributed by atoms with Gasteiger partial charge < -0.3 is 15.4 Å². The summed E-state index contributed by atoms with van der Waals surface area (Å²) in [6.07, 6.45) is 3.70. The van der Waals surface area contributed by atoms with Crippen molar-refractivity contribution in [3.05, 3.63) is 28.8 Å². The molecule has 3 heteroatoms. The zero-order valence-corrected chi connectivity index (χ0v) is 12.5. The average molecular weight is 262 g/mol. The first-order chi connectivity index (χ1) is 9.15. The summed E-state index contributed by atoms with van der Waals surface area (Å²) in [6.45, 7) is 5.43. The Bertz CT molecular complexity index is 425. The Morgan fingerprint density at radius 1 is 1.42 bits per heavy atom. The van der Waals surface area contributed by atoms with Crippen molar-refractivity contribution in [1.82, 2.24) is 10.6 Å². The molecule has 0 amide bonds. The van der Waals surface area contributed by atoms with Crippen molar-refractivity contribution in [1.29, 1.82) is 0 Å². The molecule has 2 unspecified atom stereocenters. The lowest BCUT2D eigenvalue weighted by Crippen LogP contribution is -2.29. The number of ether oxygens (including phenoxy) is 1. The summed E-state index contributed by atoms with van der Waals surface area (Å²) in [6, 6.07) is 5.41. The quantitative estimate of drug-likeness (QED) is 0.856. The highest BCUT2D eigenvalue weighted by molar-refractivity contribution is 5.45. The van der Waals surface area contributed by atoms with Crippen molar-refractivity contribution in [3.8, 4) is 5.75 Å². The highest BCUT2D eigenvalue weighted by atomic mass is 16.5. The second-order valence-corrected chi connectivity index (χ2v) is 5.57. The number of methoxy groups -OCH3 is 1. The highest BCUT2D eigenvalue weighted by Gasteiger charge is 2.22. The monoisotopic (exact) mass is 262 g/mol. The van der Waals surface area contributed by atoms with Gasteiger partial charge in [0.1, 0.15) is 5.75 Å². The molecule has 1 aliphatic heterocycles. The third-order valence-electron chi connectivity index (χ3n) is 4.06. The van der Waals surface area contributed by atoms with E-state index in [4.69, 9.17) is 4.74 Å². The van der Waals surface area contributed by atoms with Crippen LogP contribution in [0.2, 0.25) is 0 Å². The molecule has 0 saturated carbocycles. The summed E-state index contributed by atoms with van der Waals surface area (Å²) < 4.78 is 5.62. The lowest BCUT2D eigenvalue weighted by atomic mass is 9.94. The predicted molar refractivity (Wildman–Crippen MR) is 79.9 cm³/mol. The first-order valence-corrected chi connectivity index (χ1v) is 7.21. The van der Waals surface area contributed by atoms with E-state index in [1.165, 1.54) is 29.5 Å². The molecule has 106 valence electrons. The zero-order valence-electron chi connectivity index (χ0n) is 12.5.